The minimum absolute atomic E-state index is 0.682. The summed E-state index contributed by atoms with van der Waals surface area (Å²) >= 11 is 0. The fourth-order valence-electron chi connectivity index (χ4n) is 4.86. The van der Waals surface area contributed by atoms with Crippen LogP contribution in [0.25, 0.3) is 67.0 Å². The first-order chi connectivity index (χ1) is 18.3. The summed E-state index contributed by atoms with van der Waals surface area (Å²) in [5.74, 6) is 0.682. The summed E-state index contributed by atoms with van der Waals surface area (Å²) in [4.78, 5) is 10.1. The molecule has 0 fully saturated rings. The van der Waals surface area contributed by atoms with Gasteiger partial charge in [-0.1, -0.05) is 103 Å². The molecular formula is C34H22N2O. The minimum atomic E-state index is 0.682. The van der Waals surface area contributed by atoms with Crippen molar-refractivity contribution in [2.75, 3.05) is 0 Å². The average molecular weight is 475 g/mol. The van der Waals surface area contributed by atoms with Gasteiger partial charge >= 0.3 is 0 Å². The summed E-state index contributed by atoms with van der Waals surface area (Å²) in [6.07, 6.45) is 0. The molecule has 7 aromatic rings. The van der Waals surface area contributed by atoms with Gasteiger partial charge in [0.2, 0.25) is 0 Å². The molecule has 0 aliphatic rings. The second-order valence-corrected chi connectivity index (χ2v) is 9.07. The average Bonchev–Trinajstić information content (AvgIpc) is 3.36. The quantitative estimate of drug-likeness (QED) is 0.255. The monoisotopic (exact) mass is 474 g/mol. The summed E-state index contributed by atoms with van der Waals surface area (Å²) in [5.41, 5.74) is 9.63. The molecule has 0 aliphatic carbocycles. The van der Waals surface area contributed by atoms with Gasteiger partial charge in [-0.05, 0) is 52.6 Å². The van der Waals surface area contributed by atoms with Crippen molar-refractivity contribution in [1.82, 2.24) is 9.97 Å². The zero-order valence-electron chi connectivity index (χ0n) is 20.0. The number of fused-ring (bicyclic) bond motifs is 3. The lowest BCUT2D eigenvalue weighted by Crippen LogP contribution is -1.95. The van der Waals surface area contributed by atoms with Crippen molar-refractivity contribution in [3.05, 3.63) is 133 Å². The van der Waals surface area contributed by atoms with Crippen LogP contribution in [0.15, 0.2) is 138 Å². The SMILES string of the molecule is c1ccc(-c2cc(-c3ccccc3)cc(-c3nc(-c4ccccc4)nc4c3oc3ccccc34)c2)cc1. The molecule has 2 heterocycles. The van der Waals surface area contributed by atoms with Crippen molar-refractivity contribution in [2.24, 2.45) is 0 Å². The Hall–Kier alpha value is -5.02. The number of hydrogen-bond acceptors (Lipinski definition) is 3. The molecule has 0 radical (unpaired) electrons. The molecule has 2 aromatic heterocycles. The third-order valence-electron chi connectivity index (χ3n) is 6.67. The van der Waals surface area contributed by atoms with Gasteiger partial charge in [0.1, 0.15) is 16.8 Å². The highest BCUT2D eigenvalue weighted by molar-refractivity contribution is 6.07. The van der Waals surface area contributed by atoms with Crippen LogP contribution >= 0.6 is 0 Å². The Kier molecular flexibility index (Phi) is 5.11. The molecule has 7 rings (SSSR count). The van der Waals surface area contributed by atoms with Crippen molar-refractivity contribution in [2.45, 2.75) is 0 Å². The lowest BCUT2D eigenvalue weighted by molar-refractivity contribution is 0.667. The van der Waals surface area contributed by atoms with E-state index < -0.39 is 0 Å². The molecule has 0 spiro atoms. The maximum absolute atomic E-state index is 6.40. The molecule has 5 aromatic carbocycles. The van der Waals surface area contributed by atoms with Gasteiger partial charge in [-0.15, -0.1) is 0 Å². The second kappa shape index (κ2) is 8.89. The van der Waals surface area contributed by atoms with Crippen LogP contribution in [0.1, 0.15) is 0 Å². The van der Waals surface area contributed by atoms with Gasteiger partial charge < -0.3 is 4.42 Å². The van der Waals surface area contributed by atoms with E-state index in [2.05, 4.69) is 72.8 Å². The number of furan rings is 1. The van der Waals surface area contributed by atoms with Crippen LogP contribution in [-0.2, 0) is 0 Å². The molecule has 0 amide bonds. The summed E-state index contributed by atoms with van der Waals surface area (Å²) in [6.45, 7) is 0. The standard InChI is InChI=1S/C34H22N2O/c1-4-12-23(13-5-1)26-20-27(24-14-6-2-7-15-24)22-28(21-26)31-33-32(29-18-10-11-19-30(29)37-33)36-34(35-31)25-16-8-3-9-17-25/h1-22H. The van der Waals surface area contributed by atoms with Crippen LogP contribution in [0, 0.1) is 0 Å². The molecule has 0 N–H and O–H groups in total. The first-order valence-electron chi connectivity index (χ1n) is 12.3. The Balaban J connectivity index is 1.55. The predicted molar refractivity (Wildman–Crippen MR) is 151 cm³/mol. The second-order valence-electron chi connectivity index (χ2n) is 9.07. The molecule has 0 atom stereocenters. The van der Waals surface area contributed by atoms with Gasteiger partial charge in [0.15, 0.2) is 11.4 Å². The molecule has 3 heteroatoms. The summed E-state index contributed by atoms with van der Waals surface area (Å²) in [7, 11) is 0. The number of rotatable bonds is 4. The van der Waals surface area contributed by atoms with Crippen LogP contribution in [0.2, 0.25) is 0 Å². The van der Waals surface area contributed by atoms with E-state index in [0.29, 0.717) is 11.4 Å². The van der Waals surface area contributed by atoms with E-state index in [9.17, 15) is 0 Å². The Morgan fingerprint density at radius 3 is 1.57 bits per heavy atom. The van der Waals surface area contributed by atoms with Gasteiger partial charge in [0.05, 0.1) is 0 Å². The number of benzene rings is 5. The van der Waals surface area contributed by atoms with E-state index in [1.54, 1.807) is 0 Å². The van der Waals surface area contributed by atoms with Gasteiger partial charge in [0.25, 0.3) is 0 Å². The molecule has 37 heavy (non-hydrogen) atoms. The van der Waals surface area contributed by atoms with Crippen LogP contribution in [0.5, 0.6) is 0 Å². The van der Waals surface area contributed by atoms with Gasteiger partial charge in [-0.2, -0.15) is 0 Å². The van der Waals surface area contributed by atoms with Crippen LogP contribution < -0.4 is 0 Å². The smallest absolute Gasteiger partial charge is 0.180 e. The Morgan fingerprint density at radius 2 is 0.946 bits per heavy atom. The van der Waals surface area contributed by atoms with Gasteiger partial charge in [0, 0.05) is 16.5 Å². The van der Waals surface area contributed by atoms with Crippen molar-refractivity contribution < 1.29 is 4.42 Å². The van der Waals surface area contributed by atoms with Crippen molar-refractivity contribution >= 4 is 22.1 Å². The molecule has 174 valence electrons. The van der Waals surface area contributed by atoms with Crippen LogP contribution in [0.3, 0.4) is 0 Å². The van der Waals surface area contributed by atoms with Crippen molar-refractivity contribution in [1.29, 1.82) is 0 Å². The molecule has 0 bridgehead atoms. The topological polar surface area (TPSA) is 38.9 Å². The van der Waals surface area contributed by atoms with Crippen molar-refractivity contribution in [3.63, 3.8) is 0 Å². The Bertz CT molecular complexity index is 1800. The van der Waals surface area contributed by atoms with E-state index in [-0.39, 0.29) is 0 Å². The van der Waals surface area contributed by atoms with E-state index >= 15 is 0 Å². The molecule has 3 nitrogen and oxygen atoms in total. The Labute approximate surface area is 214 Å². The van der Waals surface area contributed by atoms with Crippen LogP contribution in [-0.4, -0.2) is 9.97 Å². The third kappa shape index (κ3) is 3.87. The van der Waals surface area contributed by atoms with E-state index in [1.807, 2.05) is 60.7 Å². The largest absolute Gasteiger partial charge is 0.452 e. The number of aromatic nitrogens is 2. The number of para-hydroxylation sites is 1. The molecule has 0 saturated carbocycles. The Morgan fingerprint density at radius 1 is 0.432 bits per heavy atom. The first-order valence-corrected chi connectivity index (χ1v) is 12.3. The highest BCUT2D eigenvalue weighted by atomic mass is 16.3. The summed E-state index contributed by atoms with van der Waals surface area (Å²) in [6, 6.07) is 45.7. The van der Waals surface area contributed by atoms with Gasteiger partial charge in [-0.25, -0.2) is 9.97 Å². The lowest BCUT2D eigenvalue weighted by Gasteiger charge is -2.12. The highest BCUT2D eigenvalue weighted by Gasteiger charge is 2.19. The molecule has 0 saturated heterocycles. The maximum Gasteiger partial charge on any atom is 0.180 e. The van der Waals surface area contributed by atoms with Crippen molar-refractivity contribution in [3.8, 4) is 44.9 Å². The normalized spacial score (nSPS) is 11.2. The number of nitrogens with zero attached hydrogens (tertiary/aromatic N) is 2. The predicted octanol–water partition coefficient (Wildman–Crippen LogP) is 9.04. The minimum Gasteiger partial charge on any atom is -0.452 e. The fourth-order valence-corrected chi connectivity index (χ4v) is 4.86. The van der Waals surface area contributed by atoms with Crippen LogP contribution in [0.4, 0.5) is 0 Å². The van der Waals surface area contributed by atoms with E-state index in [4.69, 9.17) is 14.4 Å². The van der Waals surface area contributed by atoms with E-state index in [0.717, 1.165) is 55.6 Å². The third-order valence-corrected chi connectivity index (χ3v) is 6.67. The summed E-state index contributed by atoms with van der Waals surface area (Å²) < 4.78 is 6.40. The van der Waals surface area contributed by atoms with Gasteiger partial charge in [-0.3, -0.25) is 0 Å². The molecule has 0 aliphatic heterocycles. The molecule has 0 unspecified atom stereocenters. The lowest BCUT2D eigenvalue weighted by atomic mass is 9.94. The molecular weight excluding hydrogens is 452 g/mol. The zero-order chi connectivity index (χ0) is 24.6. The fraction of sp³-hybridized carbons (Fsp3) is 0. The summed E-state index contributed by atoms with van der Waals surface area (Å²) in [5, 5.41) is 0.987. The van der Waals surface area contributed by atoms with E-state index in [1.165, 1.54) is 0 Å². The maximum atomic E-state index is 6.40. The highest BCUT2D eigenvalue weighted by Crippen LogP contribution is 2.38. The first kappa shape index (κ1) is 21.3. The zero-order valence-corrected chi connectivity index (χ0v) is 20.0. The number of hydrogen-bond donors (Lipinski definition) is 0.